The number of nitrogens with one attached hydrogen (secondary N) is 1. The van der Waals surface area contributed by atoms with E-state index in [9.17, 15) is 13.2 Å². The van der Waals surface area contributed by atoms with Gasteiger partial charge in [-0.15, -0.1) is 0 Å². The number of carbonyl (C=O) groups is 1. The summed E-state index contributed by atoms with van der Waals surface area (Å²) in [6, 6.07) is 18.5. The fraction of sp³-hybridized carbons (Fsp3) is 0.143. The second kappa shape index (κ2) is 8.33. The van der Waals surface area contributed by atoms with Crippen LogP contribution in [0.3, 0.4) is 0 Å². The molecule has 4 rings (SSSR count). The quantitative estimate of drug-likeness (QED) is 0.652. The van der Waals surface area contributed by atoms with Crippen molar-refractivity contribution in [3.05, 3.63) is 77.3 Å². The summed E-state index contributed by atoms with van der Waals surface area (Å²) in [4.78, 5) is 16.8. The summed E-state index contributed by atoms with van der Waals surface area (Å²) in [6.45, 7) is 0.282. The van der Waals surface area contributed by atoms with Gasteiger partial charge < -0.3 is 10.1 Å². The van der Waals surface area contributed by atoms with Gasteiger partial charge in [0, 0.05) is 5.02 Å². The highest BCUT2D eigenvalue weighted by molar-refractivity contribution is 7.92. The molecule has 0 fully saturated rings. The molecule has 0 bridgehead atoms. The monoisotopic (exact) mass is 443 g/mol. The number of anilines is 2. The van der Waals surface area contributed by atoms with Crippen molar-refractivity contribution in [1.82, 2.24) is 4.98 Å². The highest BCUT2D eigenvalue weighted by Gasteiger charge is 2.32. The van der Waals surface area contributed by atoms with Crippen molar-refractivity contribution in [2.24, 2.45) is 0 Å². The van der Waals surface area contributed by atoms with Crippen LogP contribution in [0, 0.1) is 0 Å². The molecule has 0 saturated carbocycles. The molecule has 154 valence electrons. The Morgan fingerprint density at radius 1 is 1.10 bits per heavy atom. The topological polar surface area (TPSA) is 88.6 Å². The minimum atomic E-state index is -3.90. The third-order valence-corrected chi connectivity index (χ3v) is 6.51. The van der Waals surface area contributed by atoms with E-state index in [0.717, 1.165) is 5.56 Å². The maximum Gasteiger partial charge on any atom is 0.265 e. The molecule has 1 N–H and O–H groups in total. The lowest BCUT2D eigenvalue weighted by molar-refractivity contribution is -0.115. The van der Waals surface area contributed by atoms with E-state index in [-0.39, 0.29) is 42.0 Å². The van der Waals surface area contributed by atoms with Crippen molar-refractivity contribution in [3.63, 3.8) is 0 Å². The molecule has 9 heteroatoms. The van der Waals surface area contributed by atoms with Gasteiger partial charge in [-0.05, 0) is 35.9 Å². The normalized spacial score (nSPS) is 13.3. The number of amides is 1. The predicted molar refractivity (Wildman–Crippen MR) is 114 cm³/mol. The van der Waals surface area contributed by atoms with Crippen molar-refractivity contribution >= 4 is 39.2 Å². The zero-order chi connectivity index (χ0) is 21.1. The molecule has 0 unspecified atom stereocenters. The lowest BCUT2D eigenvalue weighted by Crippen LogP contribution is -2.38. The number of benzene rings is 2. The Balaban J connectivity index is 1.61. The Kier molecular flexibility index (Phi) is 5.61. The molecule has 1 amide bonds. The molecule has 1 aliphatic heterocycles. The Morgan fingerprint density at radius 2 is 1.90 bits per heavy atom. The van der Waals surface area contributed by atoms with Crippen LogP contribution in [0.1, 0.15) is 5.56 Å². The molecule has 0 radical (unpaired) electrons. The molecule has 30 heavy (non-hydrogen) atoms. The van der Waals surface area contributed by atoms with Gasteiger partial charge in [0.1, 0.15) is 12.4 Å². The van der Waals surface area contributed by atoms with Crippen LogP contribution in [0.5, 0.6) is 5.75 Å². The average Bonchev–Trinajstić information content (AvgIpc) is 2.74. The Hall–Kier alpha value is -3.10. The van der Waals surface area contributed by atoms with Crippen LogP contribution in [0.2, 0.25) is 5.02 Å². The van der Waals surface area contributed by atoms with E-state index < -0.39 is 10.0 Å². The standard InChI is InChI=1S/C21H18ClN3O4S/c22-16-7-4-8-17(14-16)30(27,28)25-11-12-29-18-9-10-19(24-21(18)25)23-20(26)13-15-5-2-1-3-6-15/h1-10,14H,11-13H2,(H,23,24,26). The highest BCUT2D eigenvalue weighted by Crippen LogP contribution is 2.35. The van der Waals surface area contributed by atoms with Gasteiger partial charge in [-0.3, -0.25) is 4.79 Å². The molecule has 0 spiro atoms. The van der Waals surface area contributed by atoms with Gasteiger partial charge >= 0.3 is 0 Å². The first kappa shape index (κ1) is 20.2. The summed E-state index contributed by atoms with van der Waals surface area (Å²) in [5, 5.41) is 3.03. The number of hydrogen-bond donors (Lipinski definition) is 1. The average molecular weight is 444 g/mol. The summed E-state index contributed by atoms with van der Waals surface area (Å²) in [5.41, 5.74) is 0.862. The minimum Gasteiger partial charge on any atom is -0.488 e. The first-order chi connectivity index (χ1) is 14.4. The lowest BCUT2D eigenvalue weighted by Gasteiger charge is -2.29. The van der Waals surface area contributed by atoms with Crippen LogP contribution in [-0.4, -0.2) is 32.5 Å². The fourth-order valence-corrected chi connectivity index (χ4v) is 4.81. The molecule has 2 aromatic carbocycles. The van der Waals surface area contributed by atoms with Crippen LogP contribution in [0.25, 0.3) is 0 Å². The van der Waals surface area contributed by atoms with Crippen molar-refractivity contribution in [3.8, 4) is 5.75 Å². The second-order valence-corrected chi connectivity index (χ2v) is 8.91. The number of sulfonamides is 1. The molecule has 1 aliphatic rings. The van der Waals surface area contributed by atoms with E-state index in [0.29, 0.717) is 10.8 Å². The van der Waals surface area contributed by atoms with E-state index in [1.165, 1.54) is 16.4 Å². The van der Waals surface area contributed by atoms with Gasteiger partial charge in [-0.2, -0.15) is 0 Å². The highest BCUT2D eigenvalue weighted by atomic mass is 35.5. The summed E-state index contributed by atoms with van der Waals surface area (Å²) in [7, 11) is -3.90. The number of carbonyl (C=O) groups excluding carboxylic acids is 1. The number of aromatic nitrogens is 1. The predicted octanol–water partition coefficient (Wildman–Crippen LogP) is 3.50. The molecule has 0 atom stereocenters. The van der Waals surface area contributed by atoms with Crippen molar-refractivity contribution in [2.45, 2.75) is 11.3 Å². The minimum absolute atomic E-state index is 0.0585. The Bertz CT molecular complexity index is 1190. The maximum atomic E-state index is 13.2. The molecular formula is C21H18ClN3O4S. The number of ether oxygens (including phenoxy) is 1. The largest absolute Gasteiger partial charge is 0.488 e. The fourth-order valence-electron chi connectivity index (χ4n) is 3.10. The zero-order valence-corrected chi connectivity index (χ0v) is 17.4. The zero-order valence-electron chi connectivity index (χ0n) is 15.8. The van der Waals surface area contributed by atoms with Crippen LogP contribution >= 0.6 is 11.6 Å². The molecule has 0 aliphatic carbocycles. The Labute approximate surface area is 179 Å². The van der Waals surface area contributed by atoms with E-state index in [4.69, 9.17) is 16.3 Å². The van der Waals surface area contributed by atoms with Gasteiger partial charge in [0.2, 0.25) is 5.91 Å². The molecule has 2 heterocycles. The third kappa shape index (κ3) is 4.24. The number of hydrogen-bond acceptors (Lipinski definition) is 5. The summed E-state index contributed by atoms with van der Waals surface area (Å²) in [5.74, 6) is 0.438. The van der Waals surface area contributed by atoms with Crippen molar-refractivity contribution in [2.75, 3.05) is 22.8 Å². The molecular weight excluding hydrogens is 426 g/mol. The summed E-state index contributed by atoms with van der Waals surface area (Å²) in [6.07, 6.45) is 0.181. The Morgan fingerprint density at radius 3 is 2.67 bits per heavy atom. The number of halogens is 1. The number of pyridine rings is 1. The summed E-state index contributed by atoms with van der Waals surface area (Å²) >= 11 is 5.97. The number of rotatable bonds is 5. The van der Waals surface area contributed by atoms with Gasteiger partial charge in [0.25, 0.3) is 10.0 Å². The first-order valence-corrected chi connectivity index (χ1v) is 11.0. The van der Waals surface area contributed by atoms with E-state index >= 15 is 0 Å². The van der Waals surface area contributed by atoms with Gasteiger partial charge in [0.15, 0.2) is 11.6 Å². The maximum absolute atomic E-state index is 13.2. The van der Waals surface area contributed by atoms with Crippen LogP contribution < -0.4 is 14.4 Å². The van der Waals surface area contributed by atoms with Crippen LogP contribution in [-0.2, 0) is 21.2 Å². The SMILES string of the molecule is O=C(Cc1ccccc1)Nc1ccc2c(n1)N(S(=O)(=O)c1cccc(Cl)c1)CCO2. The van der Waals surface area contributed by atoms with Crippen molar-refractivity contribution in [1.29, 1.82) is 0 Å². The van der Waals surface area contributed by atoms with Crippen LogP contribution in [0.4, 0.5) is 11.6 Å². The second-order valence-electron chi connectivity index (χ2n) is 6.61. The van der Waals surface area contributed by atoms with Crippen LogP contribution in [0.15, 0.2) is 71.6 Å². The smallest absolute Gasteiger partial charge is 0.265 e. The lowest BCUT2D eigenvalue weighted by atomic mass is 10.1. The number of fused-ring (bicyclic) bond motifs is 1. The molecule has 3 aromatic rings. The van der Waals surface area contributed by atoms with E-state index in [1.54, 1.807) is 24.3 Å². The number of nitrogens with zero attached hydrogens (tertiary/aromatic N) is 2. The molecule has 0 saturated heterocycles. The van der Waals surface area contributed by atoms with Gasteiger partial charge in [0.05, 0.1) is 17.9 Å². The van der Waals surface area contributed by atoms with Gasteiger partial charge in [-0.1, -0.05) is 48.0 Å². The van der Waals surface area contributed by atoms with Crippen molar-refractivity contribution < 1.29 is 17.9 Å². The van der Waals surface area contributed by atoms with E-state index in [1.807, 2.05) is 30.3 Å². The third-order valence-electron chi connectivity index (χ3n) is 4.49. The molecule has 1 aromatic heterocycles. The van der Waals surface area contributed by atoms with E-state index in [2.05, 4.69) is 10.3 Å². The first-order valence-electron chi connectivity index (χ1n) is 9.19. The molecule has 7 nitrogen and oxygen atoms in total. The van der Waals surface area contributed by atoms with Gasteiger partial charge in [-0.25, -0.2) is 17.7 Å². The summed E-state index contributed by atoms with van der Waals surface area (Å²) < 4.78 is 33.1.